The summed E-state index contributed by atoms with van der Waals surface area (Å²) < 4.78 is 0. The molecule has 0 atom stereocenters. The molecule has 0 aromatic heterocycles. The van der Waals surface area contributed by atoms with E-state index in [1.54, 1.807) is 12.1 Å². The number of nitrogens with zero attached hydrogens (tertiary/aromatic N) is 4. The van der Waals surface area contributed by atoms with Gasteiger partial charge in [0.05, 0.1) is 22.7 Å². The van der Waals surface area contributed by atoms with Gasteiger partial charge in [0.25, 0.3) is 5.69 Å². The van der Waals surface area contributed by atoms with Gasteiger partial charge in [-0.15, -0.1) is 0 Å². The van der Waals surface area contributed by atoms with Crippen molar-refractivity contribution in [3.8, 4) is 0 Å². The van der Waals surface area contributed by atoms with Gasteiger partial charge in [0.15, 0.2) is 0 Å². The maximum Gasteiger partial charge on any atom is 0.274 e. The first-order valence-corrected chi connectivity index (χ1v) is 8.01. The van der Waals surface area contributed by atoms with Crippen LogP contribution < -0.4 is 4.90 Å². The van der Waals surface area contributed by atoms with Crippen LogP contribution in [-0.2, 0) is 6.54 Å². The number of rotatable bonds is 7. The summed E-state index contributed by atoms with van der Waals surface area (Å²) in [6.45, 7) is 8.16. The summed E-state index contributed by atoms with van der Waals surface area (Å²) >= 11 is 0. The topological polar surface area (TPSA) is 71.1 Å². The Morgan fingerprint density at radius 3 is 2.33 bits per heavy atom. The molecule has 0 saturated heterocycles. The maximum atomic E-state index is 11.1. The van der Waals surface area contributed by atoms with Crippen LogP contribution >= 0.6 is 0 Å². The second-order valence-corrected chi connectivity index (χ2v) is 5.48. The van der Waals surface area contributed by atoms with Gasteiger partial charge in [-0.3, -0.25) is 10.1 Å². The summed E-state index contributed by atoms with van der Waals surface area (Å²) in [4.78, 5) is 13.0. The zero-order valence-corrected chi connectivity index (χ0v) is 14.3. The van der Waals surface area contributed by atoms with Gasteiger partial charge in [-0.25, -0.2) is 0 Å². The van der Waals surface area contributed by atoms with Crippen LogP contribution in [0.25, 0.3) is 0 Å². The number of aryl methyl sites for hydroxylation is 1. The molecule has 0 fully saturated rings. The summed E-state index contributed by atoms with van der Waals surface area (Å²) in [5, 5.41) is 19.4. The fourth-order valence-electron chi connectivity index (χ4n) is 2.49. The Balaban J connectivity index is 2.08. The van der Waals surface area contributed by atoms with Crippen LogP contribution in [-0.4, -0.2) is 18.0 Å². The monoisotopic (exact) mass is 326 g/mol. The molecule has 0 aliphatic rings. The summed E-state index contributed by atoms with van der Waals surface area (Å²) in [7, 11) is 0. The molecular weight excluding hydrogens is 304 g/mol. The molecular formula is C18H22N4O2. The Hall–Kier alpha value is -2.76. The van der Waals surface area contributed by atoms with Crippen molar-refractivity contribution in [1.29, 1.82) is 0 Å². The number of nitro benzene ring substituents is 1. The minimum atomic E-state index is -0.378. The van der Waals surface area contributed by atoms with Crippen LogP contribution in [0.4, 0.5) is 17.1 Å². The van der Waals surface area contributed by atoms with Crippen LogP contribution in [0, 0.1) is 17.0 Å². The van der Waals surface area contributed by atoms with Crippen LogP contribution in [0.1, 0.15) is 25.0 Å². The van der Waals surface area contributed by atoms with Gasteiger partial charge >= 0.3 is 0 Å². The molecule has 2 aromatic rings. The highest BCUT2D eigenvalue weighted by Crippen LogP contribution is 2.23. The highest BCUT2D eigenvalue weighted by Gasteiger charge is 2.12. The molecule has 0 radical (unpaired) electrons. The summed E-state index contributed by atoms with van der Waals surface area (Å²) in [5.74, 6) is 0. The Morgan fingerprint density at radius 1 is 1.08 bits per heavy atom. The van der Waals surface area contributed by atoms with Gasteiger partial charge in [0, 0.05) is 24.8 Å². The maximum absolute atomic E-state index is 11.1. The van der Waals surface area contributed by atoms with Gasteiger partial charge in [-0.1, -0.05) is 6.07 Å². The minimum Gasteiger partial charge on any atom is -0.372 e. The molecule has 6 heteroatoms. The first-order chi connectivity index (χ1) is 11.5. The summed E-state index contributed by atoms with van der Waals surface area (Å²) in [6, 6.07) is 13.0. The third-order valence-electron chi connectivity index (χ3n) is 3.84. The number of azo groups is 1. The van der Waals surface area contributed by atoms with Crippen LogP contribution in [0.2, 0.25) is 0 Å². The van der Waals surface area contributed by atoms with Crippen molar-refractivity contribution >= 4 is 17.1 Å². The first-order valence-electron chi connectivity index (χ1n) is 8.01. The molecule has 126 valence electrons. The molecule has 0 heterocycles. The molecule has 6 nitrogen and oxygen atoms in total. The quantitative estimate of drug-likeness (QED) is 0.407. The number of nitro groups is 1. The average molecular weight is 326 g/mol. The van der Waals surface area contributed by atoms with Crippen molar-refractivity contribution in [1.82, 2.24) is 0 Å². The van der Waals surface area contributed by atoms with E-state index < -0.39 is 0 Å². The zero-order chi connectivity index (χ0) is 17.5. The van der Waals surface area contributed by atoms with Crippen LogP contribution in [0.3, 0.4) is 0 Å². The number of hydrogen-bond acceptors (Lipinski definition) is 5. The predicted molar refractivity (Wildman–Crippen MR) is 96.1 cm³/mol. The third-order valence-corrected chi connectivity index (χ3v) is 3.84. The Morgan fingerprint density at radius 2 is 1.75 bits per heavy atom. The normalized spacial score (nSPS) is 11.0. The Kier molecular flexibility index (Phi) is 6.01. The SMILES string of the molecule is CCN(CC)c1ccc(N=NCc2ccc(C)cc2[N+](=O)[O-])cc1. The fraction of sp³-hybridized carbons (Fsp3) is 0.333. The molecule has 2 aromatic carbocycles. The smallest absolute Gasteiger partial charge is 0.274 e. The fourth-order valence-corrected chi connectivity index (χ4v) is 2.49. The van der Waals surface area contributed by atoms with E-state index in [1.165, 1.54) is 0 Å². The van der Waals surface area contributed by atoms with E-state index in [9.17, 15) is 10.1 Å². The number of hydrogen-bond donors (Lipinski definition) is 0. The van der Waals surface area contributed by atoms with Gasteiger partial charge in [0.1, 0.15) is 0 Å². The molecule has 0 amide bonds. The van der Waals surface area contributed by atoms with Crippen LogP contribution in [0.5, 0.6) is 0 Å². The second-order valence-electron chi connectivity index (χ2n) is 5.48. The lowest BCUT2D eigenvalue weighted by molar-refractivity contribution is -0.385. The van der Waals surface area contributed by atoms with Gasteiger partial charge < -0.3 is 4.90 Å². The molecule has 0 N–H and O–H groups in total. The lowest BCUT2D eigenvalue weighted by Crippen LogP contribution is -2.21. The summed E-state index contributed by atoms with van der Waals surface area (Å²) in [6.07, 6.45) is 0. The lowest BCUT2D eigenvalue weighted by Gasteiger charge is -2.20. The van der Waals surface area contributed by atoms with Crippen LogP contribution in [0.15, 0.2) is 52.7 Å². The van der Waals surface area contributed by atoms with Crippen molar-refractivity contribution in [2.24, 2.45) is 10.2 Å². The summed E-state index contributed by atoms with van der Waals surface area (Å²) in [5.41, 5.74) is 3.39. The van der Waals surface area contributed by atoms with Gasteiger partial charge in [-0.2, -0.15) is 10.2 Å². The molecule has 0 bridgehead atoms. The molecule has 2 rings (SSSR count). The van der Waals surface area contributed by atoms with E-state index in [1.807, 2.05) is 37.3 Å². The Labute approximate surface area is 142 Å². The molecule has 24 heavy (non-hydrogen) atoms. The van der Waals surface area contributed by atoms with E-state index in [2.05, 4.69) is 29.0 Å². The standard InChI is InChI=1S/C18H22N4O2/c1-4-21(5-2)17-10-8-16(9-11-17)20-19-13-15-7-6-14(3)12-18(15)22(23)24/h6-12H,4-5,13H2,1-3H3. The molecule has 0 saturated carbocycles. The molecule has 0 aliphatic heterocycles. The first kappa shape index (κ1) is 17.6. The predicted octanol–water partition coefficient (Wildman–Crippen LogP) is 5.03. The Bertz CT molecular complexity index is 722. The van der Waals surface area contributed by atoms with E-state index in [4.69, 9.17) is 0 Å². The highest BCUT2D eigenvalue weighted by molar-refractivity contribution is 5.52. The van der Waals surface area contributed by atoms with Crippen molar-refractivity contribution in [3.05, 3.63) is 63.7 Å². The molecule has 0 spiro atoms. The molecule has 0 unspecified atom stereocenters. The van der Waals surface area contributed by atoms with E-state index in [0.717, 1.165) is 30.0 Å². The van der Waals surface area contributed by atoms with Gasteiger partial charge in [0.2, 0.25) is 0 Å². The third kappa shape index (κ3) is 4.38. The largest absolute Gasteiger partial charge is 0.372 e. The van der Waals surface area contributed by atoms with Crippen molar-refractivity contribution in [2.45, 2.75) is 27.3 Å². The van der Waals surface area contributed by atoms with E-state index >= 15 is 0 Å². The minimum absolute atomic E-state index is 0.0887. The average Bonchev–Trinajstić information content (AvgIpc) is 2.58. The zero-order valence-electron chi connectivity index (χ0n) is 14.3. The number of benzene rings is 2. The number of anilines is 1. The lowest BCUT2D eigenvalue weighted by atomic mass is 10.1. The van der Waals surface area contributed by atoms with Crippen molar-refractivity contribution in [3.63, 3.8) is 0 Å². The van der Waals surface area contributed by atoms with Gasteiger partial charge in [-0.05, 0) is 56.7 Å². The second kappa shape index (κ2) is 8.19. The van der Waals surface area contributed by atoms with Crippen molar-refractivity contribution in [2.75, 3.05) is 18.0 Å². The van der Waals surface area contributed by atoms with E-state index in [-0.39, 0.29) is 17.2 Å². The van der Waals surface area contributed by atoms with Crippen molar-refractivity contribution < 1.29 is 4.92 Å². The highest BCUT2D eigenvalue weighted by atomic mass is 16.6. The molecule has 0 aliphatic carbocycles. The van der Waals surface area contributed by atoms with E-state index in [0.29, 0.717) is 5.56 Å².